The lowest BCUT2D eigenvalue weighted by Crippen LogP contribution is -2.59. The smallest absolute Gasteiger partial charge is 0.252 e. The van der Waals surface area contributed by atoms with Gasteiger partial charge in [-0.3, -0.25) is 9.69 Å². The van der Waals surface area contributed by atoms with Gasteiger partial charge in [0.25, 0.3) is 5.91 Å². The second-order valence-corrected chi connectivity index (χ2v) is 6.84. The Hall–Kier alpha value is -1.89. The van der Waals surface area contributed by atoms with E-state index in [2.05, 4.69) is 9.97 Å². The maximum atomic E-state index is 13.2. The molecule has 3 heterocycles. The van der Waals surface area contributed by atoms with Crippen molar-refractivity contribution >= 4 is 40.6 Å². The zero-order valence-electron chi connectivity index (χ0n) is 13.5. The molecule has 2 aliphatic heterocycles. The van der Waals surface area contributed by atoms with E-state index >= 15 is 0 Å². The number of nitrogens with zero attached hydrogens (tertiary/aromatic N) is 4. The van der Waals surface area contributed by atoms with E-state index in [1.54, 1.807) is 11.1 Å². The lowest BCUT2D eigenvalue weighted by molar-refractivity contribution is -0.123. The molecule has 0 saturated carbocycles. The maximum absolute atomic E-state index is 13.2. The quantitative estimate of drug-likeness (QED) is 0.751. The molecule has 2 aliphatic rings. The summed E-state index contributed by atoms with van der Waals surface area (Å²) >= 11 is 12.0. The van der Waals surface area contributed by atoms with Gasteiger partial charge in [-0.15, -0.1) is 0 Å². The summed E-state index contributed by atoms with van der Waals surface area (Å²) in [6.07, 6.45) is 1.61. The van der Waals surface area contributed by atoms with Gasteiger partial charge in [-0.25, -0.2) is 4.98 Å². The third-order valence-electron chi connectivity index (χ3n) is 4.64. The summed E-state index contributed by atoms with van der Waals surface area (Å²) in [5.41, 5.74) is 1.64. The molecule has 0 radical (unpaired) electrons. The molecule has 2 aromatic rings. The Morgan fingerprint density at radius 2 is 2.04 bits per heavy atom. The minimum absolute atomic E-state index is 0.0272. The van der Waals surface area contributed by atoms with Crippen LogP contribution in [0.1, 0.15) is 18.5 Å². The lowest BCUT2D eigenvalue weighted by Gasteiger charge is -2.45. The molecule has 0 N–H and O–H groups in total. The first-order chi connectivity index (χ1) is 12.1. The summed E-state index contributed by atoms with van der Waals surface area (Å²) in [6.45, 7) is 3.46. The number of ether oxygens (including phenoxy) is 1. The third-order valence-corrected chi connectivity index (χ3v) is 5.08. The van der Waals surface area contributed by atoms with E-state index in [9.17, 15) is 4.79 Å². The predicted octanol–water partition coefficient (Wildman–Crippen LogP) is 3.10. The lowest BCUT2D eigenvalue weighted by atomic mass is 10.0. The second-order valence-electron chi connectivity index (χ2n) is 6.07. The number of hydrogen-bond acceptors (Lipinski definition) is 5. The molecule has 0 spiro atoms. The number of fused-ring (bicyclic) bond motifs is 3. The van der Waals surface area contributed by atoms with Crippen LogP contribution in [0, 0.1) is 0 Å². The van der Waals surface area contributed by atoms with Gasteiger partial charge in [0.15, 0.2) is 5.82 Å². The van der Waals surface area contributed by atoms with Crippen molar-refractivity contribution in [3.63, 3.8) is 0 Å². The fraction of sp³-hybridized carbons (Fsp3) is 0.353. The highest BCUT2D eigenvalue weighted by atomic mass is 35.5. The number of morpholine rings is 1. The van der Waals surface area contributed by atoms with Crippen LogP contribution in [0.5, 0.6) is 0 Å². The second kappa shape index (κ2) is 6.44. The molecule has 6 nitrogen and oxygen atoms in total. The molecular formula is C17H16Cl2N4O2. The van der Waals surface area contributed by atoms with Crippen LogP contribution in [0.2, 0.25) is 10.3 Å². The summed E-state index contributed by atoms with van der Waals surface area (Å²) < 4.78 is 5.52. The van der Waals surface area contributed by atoms with Crippen LogP contribution in [-0.4, -0.2) is 41.7 Å². The van der Waals surface area contributed by atoms with Gasteiger partial charge in [0, 0.05) is 11.6 Å². The average Bonchev–Trinajstić information content (AvgIpc) is 2.63. The first-order valence-corrected chi connectivity index (χ1v) is 8.77. The van der Waals surface area contributed by atoms with Crippen molar-refractivity contribution in [2.24, 2.45) is 0 Å². The van der Waals surface area contributed by atoms with Crippen molar-refractivity contribution in [2.75, 3.05) is 29.6 Å². The number of carbonyl (C=O) groups excluding carboxylic acids is 1. The number of amides is 1. The van der Waals surface area contributed by atoms with Gasteiger partial charge >= 0.3 is 0 Å². The normalized spacial score (nSPS) is 20.9. The van der Waals surface area contributed by atoms with Crippen LogP contribution in [0.3, 0.4) is 0 Å². The zero-order chi connectivity index (χ0) is 17.6. The Morgan fingerprint density at radius 3 is 2.80 bits per heavy atom. The molecule has 130 valence electrons. The van der Waals surface area contributed by atoms with Crippen molar-refractivity contribution in [1.82, 2.24) is 9.97 Å². The Morgan fingerprint density at radius 1 is 1.28 bits per heavy atom. The molecule has 1 aromatic carbocycles. The van der Waals surface area contributed by atoms with Gasteiger partial charge in [-0.2, -0.15) is 4.98 Å². The Kier molecular flexibility index (Phi) is 4.27. The van der Waals surface area contributed by atoms with Gasteiger partial charge in [0.2, 0.25) is 5.28 Å². The van der Waals surface area contributed by atoms with E-state index in [1.165, 1.54) is 0 Å². The van der Waals surface area contributed by atoms with E-state index < -0.39 is 6.04 Å². The van der Waals surface area contributed by atoms with E-state index in [1.807, 2.05) is 36.1 Å². The molecular weight excluding hydrogens is 363 g/mol. The summed E-state index contributed by atoms with van der Waals surface area (Å²) in [4.78, 5) is 25.3. The van der Waals surface area contributed by atoms with E-state index in [-0.39, 0.29) is 17.2 Å². The number of benzene rings is 1. The van der Waals surface area contributed by atoms with E-state index in [4.69, 9.17) is 27.9 Å². The summed E-state index contributed by atoms with van der Waals surface area (Å²) in [5, 5.41) is 0.820. The van der Waals surface area contributed by atoms with Gasteiger partial charge < -0.3 is 9.64 Å². The third kappa shape index (κ3) is 2.84. The van der Waals surface area contributed by atoms with Crippen molar-refractivity contribution in [3.8, 4) is 0 Å². The highest BCUT2D eigenvalue weighted by molar-refractivity contribution is 6.30. The fourth-order valence-corrected chi connectivity index (χ4v) is 3.61. The summed E-state index contributed by atoms with van der Waals surface area (Å²) in [5.74, 6) is 0.647. The van der Waals surface area contributed by atoms with E-state index in [0.717, 1.165) is 5.56 Å². The first kappa shape index (κ1) is 16.6. The van der Waals surface area contributed by atoms with Crippen molar-refractivity contribution in [3.05, 3.63) is 46.3 Å². The average molecular weight is 379 g/mol. The SMILES string of the molecule is C[C@@H](c1ccc(Cl)cc1)N1C(=O)C2COCCN2c2nc(Cl)ncc21. The maximum Gasteiger partial charge on any atom is 0.252 e. The minimum Gasteiger partial charge on any atom is -0.377 e. The standard InChI is InChI=1S/C17H16Cl2N4O2/c1-10(11-2-4-12(18)5-3-11)23-13-8-20-17(19)21-15(13)22-6-7-25-9-14(22)16(23)24/h2-5,8,10,14H,6-7,9H2,1H3/t10-,14?/m0/s1. The molecule has 0 bridgehead atoms. The van der Waals surface area contributed by atoms with E-state index in [0.29, 0.717) is 36.3 Å². The van der Waals surface area contributed by atoms with Crippen LogP contribution >= 0.6 is 23.2 Å². The molecule has 1 fully saturated rings. The van der Waals surface area contributed by atoms with Crippen LogP contribution in [0.4, 0.5) is 11.5 Å². The van der Waals surface area contributed by atoms with Crippen LogP contribution < -0.4 is 9.80 Å². The number of anilines is 2. The Labute approximate surface area is 155 Å². The molecule has 1 saturated heterocycles. The fourth-order valence-electron chi connectivity index (χ4n) is 3.36. The highest BCUT2D eigenvalue weighted by Crippen LogP contribution is 2.40. The molecule has 25 heavy (non-hydrogen) atoms. The molecule has 1 unspecified atom stereocenters. The summed E-state index contributed by atoms with van der Waals surface area (Å²) in [7, 11) is 0. The van der Waals surface area contributed by atoms with Crippen molar-refractivity contribution in [2.45, 2.75) is 19.0 Å². The number of halogens is 2. The van der Waals surface area contributed by atoms with Gasteiger partial charge in [0.05, 0.1) is 25.5 Å². The molecule has 4 rings (SSSR count). The molecule has 2 atom stereocenters. The van der Waals surface area contributed by atoms with Crippen molar-refractivity contribution < 1.29 is 9.53 Å². The van der Waals surface area contributed by atoms with Crippen LogP contribution in [0.25, 0.3) is 0 Å². The largest absolute Gasteiger partial charge is 0.377 e. The minimum atomic E-state index is -0.401. The Bertz CT molecular complexity index is 815. The zero-order valence-corrected chi connectivity index (χ0v) is 15.0. The number of aromatic nitrogens is 2. The molecule has 1 amide bonds. The topological polar surface area (TPSA) is 58.6 Å². The Balaban J connectivity index is 1.80. The predicted molar refractivity (Wildman–Crippen MR) is 96.3 cm³/mol. The first-order valence-electron chi connectivity index (χ1n) is 8.01. The van der Waals surface area contributed by atoms with Gasteiger partial charge in [-0.05, 0) is 36.2 Å². The molecule has 1 aromatic heterocycles. The van der Waals surface area contributed by atoms with Crippen LogP contribution in [0.15, 0.2) is 30.5 Å². The highest BCUT2D eigenvalue weighted by Gasteiger charge is 2.43. The number of carbonyl (C=O) groups is 1. The van der Waals surface area contributed by atoms with Crippen molar-refractivity contribution in [1.29, 1.82) is 0 Å². The monoisotopic (exact) mass is 378 g/mol. The summed E-state index contributed by atoms with van der Waals surface area (Å²) in [6, 6.07) is 6.87. The molecule has 0 aliphatic carbocycles. The molecule has 8 heteroatoms. The number of hydrogen-bond donors (Lipinski definition) is 0. The van der Waals surface area contributed by atoms with Crippen LogP contribution in [-0.2, 0) is 9.53 Å². The van der Waals surface area contributed by atoms with Gasteiger partial charge in [0.1, 0.15) is 11.7 Å². The van der Waals surface area contributed by atoms with Gasteiger partial charge in [-0.1, -0.05) is 23.7 Å². The number of rotatable bonds is 2.